The number of sulfonamides is 1. The van der Waals surface area contributed by atoms with Crippen LogP contribution in [0.1, 0.15) is 50.7 Å². The van der Waals surface area contributed by atoms with Crippen LogP contribution in [0.3, 0.4) is 0 Å². The summed E-state index contributed by atoms with van der Waals surface area (Å²) in [5, 5.41) is 2.89. The number of hydrogen-bond donors (Lipinski definition) is 1. The second kappa shape index (κ2) is 13.2. The molecule has 0 saturated carbocycles. The van der Waals surface area contributed by atoms with Crippen LogP contribution < -0.4 is 9.62 Å². The maximum Gasteiger partial charge on any atom is 0.242 e. The molecular formula is C26H36FN3O4S. The normalized spacial score (nSPS) is 12.1. The summed E-state index contributed by atoms with van der Waals surface area (Å²) in [7, 11) is -3.62. The zero-order chi connectivity index (χ0) is 26.0. The van der Waals surface area contributed by atoms with Crippen molar-refractivity contribution >= 4 is 27.5 Å². The van der Waals surface area contributed by atoms with Gasteiger partial charge in [-0.1, -0.05) is 43.2 Å². The van der Waals surface area contributed by atoms with Gasteiger partial charge in [-0.3, -0.25) is 13.9 Å². The van der Waals surface area contributed by atoms with E-state index in [0.29, 0.717) is 12.2 Å². The number of nitrogens with one attached hydrogen (secondary N) is 1. The molecule has 0 aromatic heterocycles. The Balaban J connectivity index is 2.13. The van der Waals surface area contributed by atoms with Gasteiger partial charge in [0.05, 0.1) is 11.9 Å². The van der Waals surface area contributed by atoms with Gasteiger partial charge < -0.3 is 10.2 Å². The smallest absolute Gasteiger partial charge is 0.242 e. The van der Waals surface area contributed by atoms with E-state index in [1.54, 1.807) is 11.8 Å². The molecule has 9 heteroatoms. The molecule has 0 aliphatic heterocycles. The predicted octanol–water partition coefficient (Wildman–Crippen LogP) is 4.01. The summed E-state index contributed by atoms with van der Waals surface area (Å²) in [6, 6.07) is 12.3. The topological polar surface area (TPSA) is 86.8 Å². The number of aryl methyl sites for hydroxylation is 1. The Morgan fingerprint density at radius 3 is 2.37 bits per heavy atom. The summed E-state index contributed by atoms with van der Waals surface area (Å²) in [5.41, 5.74) is 2.30. The van der Waals surface area contributed by atoms with Gasteiger partial charge in [-0.2, -0.15) is 0 Å². The lowest BCUT2D eigenvalue weighted by Gasteiger charge is -2.29. The molecule has 7 nitrogen and oxygen atoms in total. The first-order valence-corrected chi connectivity index (χ1v) is 13.7. The van der Waals surface area contributed by atoms with Crippen molar-refractivity contribution < 1.29 is 22.4 Å². The van der Waals surface area contributed by atoms with Crippen LogP contribution in [0.5, 0.6) is 0 Å². The summed E-state index contributed by atoms with van der Waals surface area (Å²) in [6.45, 7) is 6.59. The van der Waals surface area contributed by atoms with E-state index in [2.05, 4.69) is 5.32 Å². The molecule has 0 spiro atoms. The van der Waals surface area contributed by atoms with Crippen LogP contribution in [0.15, 0.2) is 48.5 Å². The lowest BCUT2D eigenvalue weighted by molar-refractivity contribution is -0.140. The zero-order valence-corrected chi connectivity index (χ0v) is 21.8. The molecule has 35 heavy (non-hydrogen) atoms. The molecule has 0 aliphatic rings. The number of amides is 2. The fourth-order valence-corrected chi connectivity index (χ4v) is 4.70. The molecule has 0 saturated heterocycles. The summed E-state index contributed by atoms with van der Waals surface area (Å²) in [5.74, 6) is -0.920. The molecule has 1 atom stereocenters. The number of hydrogen-bond acceptors (Lipinski definition) is 4. The van der Waals surface area contributed by atoms with Crippen LogP contribution in [-0.2, 0) is 26.2 Å². The molecule has 192 valence electrons. The van der Waals surface area contributed by atoms with Crippen LogP contribution in [0.25, 0.3) is 0 Å². The Morgan fingerprint density at radius 1 is 1.09 bits per heavy atom. The van der Waals surface area contributed by atoms with E-state index in [9.17, 15) is 22.4 Å². The van der Waals surface area contributed by atoms with Crippen molar-refractivity contribution in [1.29, 1.82) is 0 Å². The second-order valence-electron chi connectivity index (χ2n) is 8.75. The van der Waals surface area contributed by atoms with Crippen LogP contribution in [0, 0.1) is 12.7 Å². The number of nitrogens with zero attached hydrogens (tertiary/aromatic N) is 2. The fraction of sp³-hybridized carbons (Fsp3) is 0.462. The number of unbranched alkanes of at least 4 members (excludes halogenated alkanes) is 1. The van der Waals surface area contributed by atoms with Gasteiger partial charge in [0.25, 0.3) is 0 Å². The average molecular weight is 506 g/mol. The molecular weight excluding hydrogens is 469 g/mol. The molecule has 0 fully saturated rings. The highest BCUT2D eigenvalue weighted by Gasteiger charge is 2.26. The number of carbonyl (C=O) groups excluding carboxylic acids is 2. The highest BCUT2D eigenvalue weighted by atomic mass is 32.2. The van der Waals surface area contributed by atoms with E-state index >= 15 is 0 Å². The van der Waals surface area contributed by atoms with Crippen molar-refractivity contribution in [2.45, 2.75) is 59.0 Å². The van der Waals surface area contributed by atoms with Crippen LogP contribution >= 0.6 is 0 Å². The molecule has 2 aromatic carbocycles. The van der Waals surface area contributed by atoms with Gasteiger partial charge >= 0.3 is 0 Å². The lowest BCUT2D eigenvalue weighted by atomic mass is 10.1. The monoisotopic (exact) mass is 505 g/mol. The van der Waals surface area contributed by atoms with Gasteiger partial charge in [0.2, 0.25) is 21.8 Å². The zero-order valence-electron chi connectivity index (χ0n) is 21.0. The minimum absolute atomic E-state index is 0.0611. The van der Waals surface area contributed by atoms with Crippen LogP contribution in [0.4, 0.5) is 10.1 Å². The van der Waals surface area contributed by atoms with E-state index in [4.69, 9.17) is 0 Å². The Hall–Kier alpha value is -2.94. The first-order valence-electron chi connectivity index (χ1n) is 11.9. The molecule has 2 aromatic rings. The first kappa shape index (κ1) is 28.3. The van der Waals surface area contributed by atoms with Crippen molar-refractivity contribution in [2.24, 2.45) is 0 Å². The van der Waals surface area contributed by atoms with Crippen molar-refractivity contribution in [3.05, 3.63) is 65.5 Å². The minimum Gasteiger partial charge on any atom is -0.354 e. The Bertz CT molecular complexity index is 1090. The van der Waals surface area contributed by atoms with E-state index in [-0.39, 0.29) is 37.7 Å². The Kier molecular flexibility index (Phi) is 10.7. The average Bonchev–Trinajstić information content (AvgIpc) is 2.80. The molecule has 0 aliphatic carbocycles. The summed E-state index contributed by atoms with van der Waals surface area (Å²) >= 11 is 0. The van der Waals surface area contributed by atoms with Gasteiger partial charge in [-0.05, 0) is 56.5 Å². The highest BCUT2D eigenvalue weighted by Crippen LogP contribution is 2.20. The third-order valence-electron chi connectivity index (χ3n) is 5.70. The quantitative estimate of drug-likeness (QED) is 0.417. The summed E-state index contributed by atoms with van der Waals surface area (Å²) in [6.07, 6.45) is 3.19. The van der Waals surface area contributed by atoms with Gasteiger partial charge in [-0.25, -0.2) is 12.8 Å². The second-order valence-corrected chi connectivity index (χ2v) is 10.7. The Morgan fingerprint density at radius 2 is 1.77 bits per heavy atom. The number of rotatable bonds is 13. The molecule has 0 bridgehead atoms. The van der Waals surface area contributed by atoms with Crippen molar-refractivity contribution in [2.75, 3.05) is 23.7 Å². The molecule has 0 radical (unpaired) electrons. The molecule has 1 N–H and O–H groups in total. The van der Waals surface area contributed by atoms with Crippen molar-refractivity contribution in [3.8, 4) is 0 Å². The lowest BCUT2D eigenvalue weighted by Crippen LogP contribution is -2.48. The third kappa shape index (κ3) is 8.98. The third-order valence-corrected chi connectivity index (χ3v) is 6.89. The van der Waals surface area contributed by atoms with Crippen molar-refractivity contribution in [3.63, 3.8) is 0 Å². The number of benzene rings is 2. The molecule has 2 amide bonds. The SMILES string of the molecule is CCCCNC(=O)[C@@H](C)N(Cc1cccc(C)c1)C(=O)CCCN(c1ccc(F)cc1)S(C)(=O)=O. The number of anilines is 1. The van der Waals surface area contributed by atoms with E-state index in [1.807, 2.05) is 38.1 Å². The fourth-order valence-electron chi connectivity index (χ4n) is 3.74. The van der Waals surface area contributed by atoms with Gasteiger partial charge in [0.15, 0.2) is 0 Å². The standard InChI is InChI=1S/C26H36FN3O4S/c1-5-6-16-28-26(32)21(3)29(19-22-10-7-9-20(2)18-22)25(31)11-8-17-30(35(4,33)34)24-14-12-23(27)13-15-24/h7,9-10,12-15,18,21H,5-6,8,11,16-17,19H2,1-4H3,(H,28,32)/t21-/m1/s1. The van der Waals surface area contributed by atoms with Crippen molar-refractivity contribution in [1.82, 2.24) is 10.2 Å². The number of halogens is 1. The molecule has 0 heterocycles. The summed E-state index contributed by atoms with van der Waals surface area (Å²) < 4.78 is 39.1. The maximum atomic E-state index is 13.3. The highest BCUT2D eigenvalue weighted by molar-refractivity contribution is 7.92. The minimum atomic E-state index is -3.62. The van der Waals surface area contributed by atoms with Crippen LogP contribution in [-0.4, -0.2) is 50.5 Å². The molecule has 2 rings (SSSR count). The largest absolute Gasteiger partial charge is 0.354 e. The predicted molar refractivity (Wildman–Crippen MR) is 137 cm³/mol. The maximum absolute atomic E-state index is 13.3. The first-order chi connectivity index (χ1) is 16.5. The van der Waals surface area contributed by atoms with Gasteiger partial charge in [0, 0.05) is 26.1 Å². The molecule has 0 unspecified atom stereocenters. The van der Waals surface area contributed by atoms with Crippen LogP contribution in [0.2, 0.25) is 0 Å². The Labute approximate surface area is 208 Å². The van der Waals surface area contributed by atoms with E-state index < -0.39 is 21.9 Å². The number of carbonyl (C=O) groups is 2. The summed E-state index contributed by atoms with van der Waals surface area (Å²) in [4.78, 5) is 27.5. The van der Waals surface area contributed by atoms with E-state index in [1.165, 1.54) is 24.3 Å². The van der Waals surface area contributed by atoms with Gasteiger partial charge in [0.1, 0.15) is 11.9 Å². The van der Waals surface area contributed by atoms with E-state index in [0.717, 1.165) is 34.5 Å². The van der Waals surface area contributed by atoms with Gasteiger partial charge in [-0.15, -0.1) is 0 Å².